The van der Waals surface area contributed by atoms with Crippen LogP contribution in [0.1, 0.15) is 35.4 Å². The molecule has 30 heavy (non-hydrogen) atoms. The zero-order valence-electron chi connectivity index (χ0n) is 16.4. The van der Waals surface area contributed by atoms with E-state index in [1.54, 1.807) is 12.1 Å². The number of phenols is 1. The van der Waals surface area contributed by atoms with Crippen LogP contribution in [0.25, 0.3) is 11.3 Å². The van der Waals surface area contributed by atoms with Gasteiger partial charge in [0.1, 0.15) is 11.4 Å². The summed E-state index contributed by atoms with van der Waals surface area (Å²) in [6.45, 7) is 0. The molecule has 4 N–H and O–H groups in total. The molecule has 1 amide bonds. The zero-order valence-corrected chi connectivity index (χ0v) is 16.4. The minimum absolute atomic E-state index is 0.0586. The maximum Gasteiger partial charge on any atom is 0.242 e. The molecule has 0 spiro atoms. The largest absolute Gasteiger partial charge is 0.507 e. The summed E-state index contributed by atoms with van der Waals surface area (Å²) in [5.41, 5.74) is 9.77. The highest BCUT2D eigenvalue weighted by molar-refractivity contribution is 5.94. The third-order valence-corrected chi connectivity index (χ3v) is 5.15. The Balaban J connectivity index is 1.55. The van der Waals surface area contributed by atoms with Crippen LogP contribution in [0.15, 0.2) is 54.6 Å². The molecule has 0 saturated heterocycles. The summed E-state index contributed by atoms with van der Waals surface area (Å²) in [4.78, 5) is 12.5. The molecular formula is C24H22N4O2. The fourth-order valence-corrected chi connectivity index (χ4v) is 3.38. The Morgan fingerprint density at radius 3 is 2.63 bits per heavy atom. The van der Waals surface area contributed by atoms with E-state index < -0.39 is 6.04 Å². The molecule has 1 aliphatic carbocycles. The van der Waals surface area contributed by atoms with Gasteiger partial charge in [-0.25, -0.2) is 0 Å². The highest BCUT2D eigenvalue weighted by atomic mass is 16.3. The van der Waals surface area contributed by atoms with Crippen molar-refractivity contribution in [1.29, 1.82) is 0 Å². The van der Waals surface area contributed by atoms with Crippen LogP contribution in [0.3, 0.4) is 0 Å². The molecular weight excluding hydrogens is 376 g/mol. The summed E-state index contributed by atoms with van der Waals surface area (Å²) < 4.78 is 0. The van der Waals surface area contributed by atoms with Gasteiger partial charge in [-0.1, -0.05) is 36.3 Å². The monoisotopic (exact) mass is 398 g/mol. The third kappa shape index (κ3) is 4.32. The second-order valence-electron chi connectivity index (χ2n) is 7.47. The van der Waals surface area contributed by atoms with E-state index in [1.807, 2.05) is 36.4 Å². The summed E-state index contributed by atoms with van der Waals surface area (Å²) in [6.07, 6.45) is 7.89. The van der Waals surface area contributed by atoms with Gasteiger partial charge in [0.05, 0.1) is 6.04 Å². The maximum absolute atomic E-state index is 12.5. The second-order valence-corrected chi connectivity index (χ2v) is 7.47. The summed E-state index contributed by atoms with van der Waals surface area (Å²) in [5.74, 6) is 2.93. The Morgan fingerprint density at radius 1 is 1.20 bits per heavy atom. The normalized spacial score (nSPS) is 14.0. The van der Waals surface area contributed by atoms with Gasteiger partial charge in [-0.2, -0.15) is 0 Å². The number of benzene rings is 2. The Kier molecular flexibility index (Phi) is 5.46. The molecule has 2 aromatic carbocycles. The smallest absolute Gasteiger partial charge is 0.242 e. The lowest BCUT2D eigenvalue weighted by Crippen LogP contribution is -2.37. The number of hydrogen-bond donors (Lipinski definition) is 3. The van der Waals surface area contributed by atoms with Crippen molar-refractivity contribution in [3.05, 3.63) is 71.3 Å². The van der Waals surface area contributed by atoms with E-state index in [0.717, 1.165) is 24.0 Å². The fraction of sp³-hybridized carbons (Fsp3) is 0.208. The molecule has 0 unspecified atom stereocenters. The Bertz CT molecular complexity index is 1120. The lowest BCUT2D eigenvalue weighted by Gasteiger charge is -2.14. The van der Waals surface area contributed by atoms with Crippen LogP contribution in [-0.4, -0.2) is 27.3 Å². The standard InChI is InChI=1S/C24H22N4O2/c1-2-15-8-11-18(21(29)13-15)23-19(17-9-10-17)14-22(27-28-23)26-24(30)20(25)12-16-6-4-3-5-7-16/h1,3-8,11,13-14,17,20,29H,9-10,12,25H2,(H,26,27,30)/t20-/m1/s1. The van der Waals surface area contributed by atoms with Gasteiger partial charge in [0, 0.05) is 11.1 Å². The molecule has 1 atom stereocenters. The molecule has 0 aliphatic heterocycles. The second kappa shape index (κ2) is 8.36. The Labute approximate surface area is 175 Å². The first-order valence-electron chi connectivity index (χ1n) is 9.83. The highest BCUT2D eigenvalue weighted by Crippen LogP contribution is 2.45. The molecule has 0 radical (unpaired) electrons. The van der Waals surface area contributed by atoms with Crippen molar-refractivity contribution in [2.24, 2.45) is 5.73 Å². The van der Waals surface area contributed by atoms with Crippen LogP contribution in [-0.2, 0) is 11.2 Å². The molecule has 1 fully saturated rings. The van der Waals surface area contributed by atoms with Crippen LogP contribution in [0.4, 0.5) is 5.82 Å². The number of nitrogens with zero attached hydrogens (tertiary/aromatic N) is 2. The van der Waals surface area contributed by atoms with Crippen molar-refractivity contribution < 1.29 is 9.90 Å². The van der Waals surface area contributed by atoms with Crippen molar-refractivity contribution in [3.8, 4) is 29.4 Å². The third-order valence-electron chi connectivity index (χ3n) is 5.15. The van der Waals surface area contributed by atoms with Gasteiger partial charge in [-0.15, -0.1) is 16.6 Å². The van der Waals surface area contributed by atoms with Crippen molar-refractivity contribution in [3.63, 3.8) is 0 Å². The SMILES string of the molecule is C#Cc1ccc(-c2nnc(NC(=O)[C@H](N)Cc3ccccc3)cc2C2CC2)c(O)c1. The molecule has 1 saturated carbocycles. The molecule has 4 rings (SSSR count). The van der Waals surface area contributed by atoms with Gasteiger partial charge in [0.2, 0.25) is 5.91 Å². The molecule has 3 aromatic rings. The first kappa shape index (κ1) is 19.6. The van der Waals surface area contributed by atoms with Gasteiger partial charge in [-0.05, 0) is 60.6 Å². The van der Waals surface area contributed by atoms with Gasteiger partial charge in [-0.3, -0.25) is 4.79 Å². The molecule has 6 nitrogen and oxygen atoms in total. The lowest BCUT2D eigenvalue weighted by molar-refractivity contribution is -0.117. The van der Waals surface area contributed by atoms with E-state index in [1.165, 1.54) is 6.07 Å². The highest BCUT2D eigenvalue weighted by Gasteiger charge is 2.29. The van der Waals surface area contributed by atoms with E-state index in [-0.39, 0.29) is 11.7 Å². The minimum Gasteiger partial charge on any atom is -0.507 e. The van der Waals surface area contributed by atoms with Crippen LogP contribution in [0.2, 0.25) is 0 Å². The van der Waals surface area contributed by atoms with Gasteiger partial charge in [0.15, 0.2) is 5.82 Å². The molecule has 1 heterocycles. The number of carbonyl (C=O) groups is 1. The number of nitrogens with one attached hydrogen (secondary N) is 1. The van der Waals surface area contributed by atoms with E-state index in [4.69, 9.17) is 12.2 Å². The number of anilines is 1. The Morgan fingerprint density at radius 2 is 1.97 bits per heavy atom. The van der Waals surface area contributed by atoms with Crippen LogP contribution >= 0.6 is 0 Å². The van der Waals surface area contributed by atoms with Crippen molar-refractivity contribution in [2.75, 3.05) is 5.32 Å². The lowest BCUT2D eigenvalue weighted by atomic mass is 10.0. The number of aromatic nitrogens is 2. The van der Waals surface area contributed by atoms with E-state index in [9.17, 15) is 9.90 Å². The Hall–Kier alpha value is -3.69. The topological polar surface area (TPSA) is 101 Å². The first-order chi connectivity index (χ1) is 14.5. The minimum atomic E-state index is -0.696. The number of nitrogens with two attached hydrogens (primary N) is 1. The molecule has 1 aliphatic rings. The van der Waals surface area contributed by atoms with Gasteiger partial charge >= 0.3 is 0 Å². The van der Waals surface area contributed by atoms with Crippen LogP contribution in [0.5, 0.6) is 5.75 Å². The van der Waals surface area contributed by atoms with E-state index >= 15 is 0 Å². The first-order valence-corrected chi connectivity index (χ1v) is 9.83. The summed E-state index contributed by atoms with van der Waals surface area (Å²) >= 11 is 0. The average Bonchev–Trinajstić information content (AvgIpc) is 3.60. The van der Waals surface area contributed by atoms with Crippen LogP contribution < -0.4 is 11.1 Å². The number of aromatic hydroxyl groups is 1. The van der Waals surface area contributed by atoms with Crippen molar-refractivity contribution in [1.82, 2.24) is 10.2 Å². The number of phenolic OH excluding ortho intramolecular Hbond substituents is 1. The van der Waals surface area contributed by atoms with E-state index in [0.29, 0.717) is 35.0 Å². The van der Waals surface area contributed by atoms with Crippen molar-refractivity contribution in [2.45, 2.75) is 31.2 Å². The average molecular weight is 398 g/mol. The number of terminal acetylenes is 1. The summed E-state index contributed by atoms with van der Waals surface area (Å²) in [6, 6.07) is 15.8. The molecule has 1 aromatic heterocycles. The zero-order chi connectivity index (χ0) is 21.1. The summed E-state index contributed by atoms with van der Waals surface area (Å²) in [5, 5.41) is 21.6. The summed E-state index contributed by atoms with van der Waals surface area (Å²) in [7, 11) is 0. The molecule has 0 bridgehead atoms. The quantitative estimate of drug-likeness (QED) is 0.554. The number of carbonyl (C=O) groups excluding carboxylic acids is 1. The fourth-order valence-electron chi connectivity index (χ4n) is 3.38. The van der Waals surface area contributed by atoms with E-state index in [2.05, 4.69) is 21.4 Å². The predicted molar refractivity (Wildman–Crippen MR) is 116 cm³/mol. The number of amides is 1. The van der Waals surface area contributed by atoms with Crippen LogP contribution in [0, 0.1) is 12.3 Å². The number of rotatable bonds is 6. The van der Waals surface area contributed by atoms with Gasteiger partial charge < -0.3 is 16.2 Å². The molecule has 6 heteroatoms. The number of hydrogen-bond acceptors (Lipinski definition) is 5. The molecule has 150 valence electrons. The maximum atomic E-state index is 12.5. The predicted octanol–water partition coefficient (Wildman–Crippen LogP) is 3.22. The van der Waals surface area contributed by atoms with Crippen molar-refractivity contribution >= 4 is 11.7 Å². The van der Waals surface area contributed by atoms with Gasteiger partial charge in [0.25, 0.3) is 0 Å².